The van der Waals surface area contributed by atoms with Crippen LogP contribution >= 0.6 is 15.9 Å². The Bertz CT molecular complexity index is 288. The molecular formula is C9H14BrN3. The van der Waals surface area contributed by atoms with Crippen molar-refractivity contribution < 1.29 is 0 Å². The highest BCUT2D eigenvalue weighted by Gasteiger charge is 2.06. The van der Waals surface area contributed by atoms with E-state index in [4.69, 9.17) is 5.73 Å². The van der Waals surface area contributed by atoms with Crippen molar-refractivity contribution >= 4 is 21.7 Å². The number of rotatable bonds is 3. The van der Waals surface area contributed by atoms with Crippen LogP contribution in [0.3, 0.4) is 0 Å². The summed E-state index contributed by atoms with van der Waals surface area (Å²) < 4.78 is 0.973. The minimum Gasteiger partial charge on any atom is -0.360 e. The summed E-state index contributed by atoms with van der Waals surface area (Å²) in [4.78, 5) is 6.40. The number of nitrogens with zero attached hydrogens (tertiary/aromatic N) is 2. The number of anilines is 1. The third kappa shape index (κ3) is 2.42. The molecule has 13 heavy (non-hydrogen) atoms. The Morgan fingerprint density at radius 1 is 1.62 bits per heavy atom. The molecule has 0 fully saturated rings. The van der Waals surface area contributed by atoms with Crippen molar-refractivity contribution in [3.8, 4) is 0 Å². The average Bonchev–Trinajstić information content (AvgIpc) is 2.16. The van der Waals surface area contributed by atoms with E-state index in [1.807, 2.05) is 13.1 Å². The van der Waals surface area contributed by atoms with Gasteiger partial charge in [-0.1, -0.05) is 0 Å². The van der Waals surface area contributed by atoms with Gasteiger partial charge in [-0.15, -0.1) is 0 Å². The van der Waals surface area contributed by atoms with Gasteiger partial charge in [0.05, 0.1) is 0 Å². The highest BCUT2D eigenvalue weighted by molar-refractivity contribution is 9.10. The van der Waals surface area contributed by atoms with Gasteiger partial charge in [-0.25, -0.2) is 4.98 Å². The lowest BCUT2D eigenvalue weighted by atomic mass is 10.2. The van der Waals surface area contributed by atoms with Crippen molar-refractivity contribution in [1.82, 2.24) is 4.98 Å². The third-order valence-corrected chi connectivity index (χ3v) is 2.40. The molecule has 1 aromatic rings. The molecule has 0 radical (unpaired) electrons. The second kappa shape index (κ2) is 4.58. The lowest BCUT2D eigenvalue weighted by Gasteiger charge is -2.18. The lowest BCUT2D eigenvalue weighted by molar-refractivity contribution is 0.907. The van der Waals surface area contributed by atoms with Crippen LogP contribution in [0.15, 0.2) is 16.7 Å². The van der Waals surface area contributed by atoms with Gasteiger partial charge >= 0.3 is 0 Å². The Morgan fingerprint density at radius 2 is 2.31 bits per heavy atom. The Labute approximate surface area is 87.1 Å². The van der Waals surface area contributed by atoms with Crippen LogP contribution in [-0.4, -0.2) is 18.6 Å². The van der Waals surface area contributed by atoms with Crippen LogP contribution in [0, 0.1) is 0 Å². The van der Waals surface area contributed by atoms with E-state index >= 15 is 0 Å². The van der Waals surface area contributed by atoms with E-state index in [0.29, 0.717) is 6.54 Å². The van der Waals surface area contributed by atoms with E-state index in [2.05, 4.69) is 32.7 Å². The number of hydrogen-bond donors (Lipinski definition) is 1. The zero-order valence-electron chi connectivity index (χ0n) is 7.92. The lowest BCUT2D eigenvalue weighted by Crippen LogP contribution is -2.20. The van der Waals surface area contributed by atoms with Crippen LogP contribution in [0.4, 0.5) is 5.82 Å². The average molecular weight is 244 g/mol. The van der Waals surface area contributed by atoms with Crippen LogP contribution in [0.25, 0.3) is 0 Å². The minimum atomic E-state index is 0.520. The van der Waals surface area contributed by atoms with Crippen molar-refractivity contribution in [2.24, 2.45) is 5.73 Å². The van der Waals surface area contributed by atoms with Gasteiger partial charge in [0.15, 0.2) is 0 Å². The Hall–Kier alpha value is -0.610. The molecule has 0 amide bonds. The second-order valence-corrected chi connectivity index (χ2v) is 3.77. The molecule has 0 aliphatic heterocycles. The van der Waals surface area contributed by atoms with Crippen molar-refractivity contribution in [2.75, 3.05) is 18.5 Å². The molecule has 0 saturated heterocycles. The molecule has 3 nitrogen and oxygen atoms in total. The summed E-state index contributed by atoms with van der Waals surface area (Å²) in [5.74, 6) is 0.966. The second-order valence-electron chi connectivity index (χ2n) is 2.85. The quantitative estimate of drug-likeness (QED) is 0.880. The third-order valence-electron chi connectivity index (χ3n) is 1.97. The van der Waals surface area contributed by atoms with Crippen molar-refractivity contribution in [3.05, 3.63) is 22.3 Å². The van der Waals surface area contributed by atoms with E-state index in [0.717, 1.165) is 22.4 Å². The maximum atomic E-state index is 5.62. The summed E-state index contributed by atoms with van der Waals surface area (Å²) >= 11 is 3.37. The molecule has 4 heteroatoms. The molecule has 2 N–H and O–H groups in total. The molecule has 0 aliphatic carbocycles. The van der Waals surface area contributed by atoms with Crippen LogP contribution in [-0.2, 0) is 6.54 Å². The van der Waals surface area contributed by atoms with Gasteiger partial charge in [-0.05, 0) is 28.9 Å². The number of aromatic nitrogens is 1. The molecular weight excluding hydrogens is 230 g/mol. The zero-order valence-corrected chi connectivity index (χ0v) is 9.50. The van der Waals surface area contributed by atoms with Crippen molar-refractivity contribution in [3.63, 3.8) is 0 Å². The predicted molar refractivity (Wildman–Crippen MR) is 58.8 cm³/mol. The fourth-order valence-electron chi connectivity index (χ4n) is 1.12. The standard InChI is InChI=1S/C9H14BrN3/c1-3-13(2)9-7(5-11)4-8(10)6-12-9/h4,6H,3,5,11H2,1-2H3. The molecule has 0 atom stereocenters. The van der Waals surface area contributed by atoms with Gasteiger partial charge in [0.2, 0.25) is 0 Å². The van der Waals surface area contributed by atoms with Gasteiger partial charge in [0, 0.05) is 36.4 Å². The van der Waals surface area contributed by atoms with Crippen LogP contribution in [0.1, 0.15) is 12.5 Å². The Morgan fingerprint density at radius 3 is 2.85 bits per heavy atom. The van der Waals surface area contributed by atoms with Gasteiger partial charge < -0.3 is 10.6 Å². The van der Waals surface area contributed by atoms with Gasteiger partial charge in [-0.2, -0.15) is 0 Å². The largest absolute Gasteiger partial charge is 0.360 e. The van der Waals surface area contributed by atoms with Crippen LogP contribution in [0.5, 0.6) is 0 Å². The summed E-state index contributed by atoms with van der Waals surface area (Å²) in [6.45, 7) is 3.54. The number of pyridine rings is 1. The topological polar surface area (TPSA) is 42.2 Å². The summed E-state index contributed by atoms with van der Waals surface area (Å²) in [7, 11) is 2.01. The Balaban J connectivity index is 3.05. The van der Waals surface area contributed by atoms with E-state index in [1.165, 1.54) is 0 Å². The number of nitrogens with two attached hydrogens (primary N) is 1. The van der Waals surface area contributed by atoms with Gasteiger partial charge in [-0.3, -0.25) is 0 Å². The first-order valence-corrected chi connectivity index (χ1v) is 5.04. The first-order chi connectivity index (χ1) is 6.19. The van der Waals surface area contributed by atoms with Crippen LogP contribution < -0.4 is 10.6 Å². The van der Waals surface area contributed by atoms with E-state index in [-0.39, 0.29) is 0 Å². The molecule has 1 heterocycles. The molecule has 72 valence electrons. The fourth-order valence-corrected chi connectivity index (χ4v) is 1.50. The first kappa shape index (κ1) is 10.5. The van der Waals surface area contributed by atoms with Gasteiger partial charge in [0.1, 0.15) is 5.82 Å². The van der Waals surface area contributed by atoms with E-state index in [9.17, 15) is 0 Å². The Kier molecular flexibility index (Phi) is 3.69. The molecule has 0 aromatic carbocycles. The summed E-state index contributed by atoms with van der Waals surface area (Å²) in [5, 5.41) is 0. The molecule has 0 aliphatic rings. The SMILES string of the molecule is CCN(C)c1ncc(Br)cc1CN. The zero-order chi connectivity index (χ0) is 9.84. The first-order valence-electron chi connectivity index (χ1n) is 4.24. The number of hydrogen-bond acceptors (Lipinski definition) is 3. The maximum absolute atomic E-state index is 5.62. The molecule has 0 spiro atoms. The molecule has 1 aromatic heterocycles. The monoisotopic (exact) mass is 243 g/mol. The van der Waals surface area contributed by atoms with Crippen molar-refractivity contribution in [1.29, 1.82) is 0 Å². The normalized spacial score (nSPS) is 10.2. The fraction of sp³-hybridized carbons (Fsp3) is 0.444. The summed E-state index contributed by atoms with van der Waals surface area (Å²) in [5.41, 5.74) is 6.69. The molecule has 1 rings (SSSR count). The minimum absolute atomic E-state index is 0.520. The van der Waals surface area contributed by atoms with E-state index < -0.39 is 0 Å². The predicted octanol–water partition coefficient (Wildman–Crippen LogP) is 1.76. The van der Waals surface area contributed by atoms with Gasteiger partial charge in [0.25, 0.3) is 0 Å². The number of halogens is 1. The molecule has 0 saturated carbocycles. The van der Waals surface area contributed by atoms with Crippen molar-refractivity contribution in [2.45, 2.75) is 13.5 Å². The molecule has 0 unspecified atom stereocenters. The smallest absolute Gasteiger partial charge is 0.132 e. The molecule has 0 bridgehead atoms. The maximum Gasteiger partial charge on any atom is 0.132 e. The van der Waals surface area contributed by atoms with Crippen LogP contribution in [0.2, 0.25) is 0 Å². The summed E-state index contributed by atoms with van der Waals surface area (Å²) in [6.07, 6.45) is 1.79. The van der Waals surface area contributed by atoms with E-state index in [1.54, 1.807) is 6.20 Å². The highest BCUT2D eigenvalue weighted by Crippen LogP contribution is 2.19. The summed E-state index contributed by atoms with van der Waals surface area (Å²) in [6, 6.07) is 2.01. The highest BCUT2D eigenvalue weighted by atomic mass is 79.9.